The second-order valence-corrected chi connectivity index (χ2v) is 5.06. The summed E-state index contributed by atoms with van der Waals surface area (Å²) in [6.07, 6.45) is -0.493. The smallest absolute Gasteiger partial charge is 0.127 e. The van der Waals surface area contributed by atoms with Gasteiger partial charge in [-0.25, -0.2) is 4.39 Å². The maximum Gasteiger partial charge on any atom is 0.127 e. The number of likely N-dealkylation sites (N-methyl/N-ethyl adjacent to an activating group) is 1. The zero-order valence-corrected chi connectivity index (χ0v) is 11.3. The molecule has 2 N–H and O–H groups in total. The summed E-state index contributed by atoms with van der Waals surface area (Å²) in [6, 6.07) is 6.39. The number of hydrogen-bond donors (Lipinski definition) is 2. The molecule has 1 heterocycles. The van der Waals surface area contributed by atoms with Gasteiger partial charge in [0.05, 0.1) is 6.10 Å². The number of hydrogen-bond acceptors (Lipinski definition) is 3. The number of aliphatic hydroxyl groups is 2. The minimum Gasteiger partial charge on any atom is -0.390 e. The summed E-state index contributed by atoms with van der Waals surface area (Å²) < 4.78 is 13.7. The normalized spacial score (nSPS) is 32.9. The lowest BCUT2D eigenvalue weighted by Crippen LogP contribution is -2.54. The maximum atomic E-state index is 13.7. The molecule has 3 atom stereocenters. The first-order valence-corrected chi connectivity index (χ1v) is 5.77. The van der Waals surface area contributed by atoms with Crippen LogP contribution in [0.3, 0.4) is 0 Å². The Kier molecular flexibility index (Phi) is 4.72. The minimum absolute atomic E-state index is 0. The number of nitrogens with zero attached hydrogens (tertiary/aromatic N) is 1. The van der Waals surface area contributed by atoms with Gasteiger partial charge in [-0.05, 0) is 26.5 Å². The summed E-state index contributed by atoms with van der Waals surface area (Å²) in [7, 11) is 1.83. The molecule has 0 amide bonds. The van der Waals surface area contributed by atoms with E-state index in [2.05, 4.69) is 0 Å². The molecule has 1 aromatic rings. The molecule has 5 heteroatoms. The molecule has 102 valence electrons. The Morgan fingerprint density at radius 2 is 2.00 bits per heavy atom. The van der Waals surface area contributed by atoms with E-state index in [1.54, 1.807) is 25.1 Å². The van der Waals surface area contributed by atoms with Crippen molar-refractivity contribution in [1.82, 2.24) is 4.90 Å². The van der Waals surface area contributed by atoms with E-state index >= 15 is 0 Å². The van der Waals surface area contributed by atoms with Crippen molar-refractivity contribution in [2.24, 2.45) is 0 Å². The Bertz CT molecular complexity index is 414. The highest BCUT2D eigenvalue weighted by Crippen LogP contribution is 2.35. The second-order valence-electron chi connectivity index (χ2n) is 5.06. The average molecular weight is 276 g/mol. The average Bonchev–Trinajstić information content (AvgIpc) is 2.24. The Morgan fingerprint density at radius 1 is 1.39 bits per heavy atom. The van der Waals surface area contributed by atoms with Gasteiger partial charge in [0.15, 0.2) is 0 Å². The lowest BCUT2D eigenvalue weighted by atomic mass is 9.85. The van der Waals surface area contributed by atoms with Gasteiger partial charge in [-0.15, -0.1) is 12.4 Å². The first-order chi connectivity index (χ1) is 7.92. The number of piperidine rings is 1. The SMILES string of the molecule is CN1C[C@](C)(O)[C@@H](O)C[C@H]1c1ccccc1F.Cl. The Balaban J connectivity index is 0.00000162. The quantitative estimate of drug-likeness (QED) is 0.820. The predicted octanol–water partition coefficient (Wildman–Crippen LogP) is 1.74. The third-order valence-corrected chi connectivity index (χ3v) is 3.53. The largest absolute Gasteiger partial charge is 0.390 e. The van der Waals surface area contributed by atoms with Gasteiger partial charge < -0.3 is 10.2 Å². The van der Waals surface area contributed by atoms with E-state index in [0.29, 0.717) is 18.5 Å². The number of halogens is 2. The molecule has 0 spiro atoms. The third-order valence-electron chi connectivity index (χ3n) is 3.53. The molecule has 1 fully saturated rings. The fraction of sp³-hybridized carbons (Fsp3) is 0.538. The molecule has 1 aliphatic rings. The van der Waals surface area contributed by atoms with Gasteiger partial charge in [-0.2, -0.15) is 0 Å². The van der Waals surface area contributed by atoms with E-state index in [0.717, 1.165) is 0 Å². The molecule has 0 saturated carbocycles. The van der Waals surface area contributed by atoms with Crippen LogP contribution in [0.25, 0.3) is 0 Å². The summed E-state index contributed by atoms with van der Waals surface area (Å²) in [6.45, 7) is 1.93. The van der Waals surface area contributed by atoms with Crippen LogP contribution < -0.4 is 0 Å². The third kappa shape index (κ3) is 2.83. The van der Waals surface area contributed by atoms with Gasteiger partial charge in [-0.1, -0.05) is 18.2 Å². The van der Waals surface area contributed by atoms with Crippen LogP contribution in [0, 0.1) is 5.82 Å². The van der Waals surface area contributed by atoms with Crippen LogP contribution >= 0.6 is 12.4 Å². The molecule has 2 rings (SSSR count). The number of likely N-dealkylation sites (tertiary alicyclic amines) is 1. The van der Waals surface area contributed by atoms with Crippen LogP contribution in [0.1, 0.15) is 24.9 Å². The topological polar surface area (TPSA) is 43.7 Å². The second kappa shape index (κ2) is 5.53. The Labute approximate surface area is 113 Å². The first-order valence-electron chi connectivity index (χ1n) is 5.77. The van der Waals surface area contributed by atoms with E-state index < -0.39 is 11.7 Å². The zero-order chi connectivity index (χ0) is 12.6. The molecule has 1 aliphatic heterocycles. The highest BCUT2D eigenvalue weighted by Gasteiger charge is 2.41. The Morgan fingerprint density at radius 3 is 2.61 bits per heavy atom. The molecule has 0 bridgehead atoms. The molecule has 1 aromatic carbocycles. The van der Waals surface area contributed by atoms with Crippen molar-refractivity contribution in [3.05, 3.63) is 35.6 Å². The number of benzene rings is 1. The molecule has 3 nitrogen and oxygen atoms in total. The van der Waals surface area contributed by atoms with Gasteiger partial charge >= 0.3 is 0 Å². The van der Waals surface area contributed by atoms with Crippen LogP contribution in [-0.2, 0) is 0 Å². The Hall–Kier alpha value is -0.680. The first kappa shape index (κ1) is 15.4. The van der Waals surface area contributed by atoms with Gasteiger partial charge in [0.25, 0.3) is 0 Å². The predicted molar refractivity (Wildman–Crippen MR) is 70.3 cm³/mol. The summed E-state index contributed by atoms with van der Waals surface area (Å²) >= 11 is 0. The lowest BCUT2D eigenvalue weighted by molar-refractivity contribution is -0.121. The van der Waals surface area contributed by atoms with Crippen LogP contribution in [0.2, 0.25) is 0 Å². The molecule has 0 aliphatic carbocycles. The standard InChI is InChI=1S/C13H18FNO2.ClH/c1-13(17)8-15(2)11(7-12(13)16)9-5-3-4-6-10(9)14;/h3-6,11-12,16-17H,7-8H2,1-2H3;1H/t11-,12-,13-;/m0./s1. The highest BCUT2D eigenvalue weighted by molar-refractivity contribution is 5.85. The van der Waals surface area contributed by atoms with Gasteiger partial charge in [0, 0.05) is 18.2 Å². The monoisotopic (exact) mass is 275 g/mol. The molecule has 0 radical (unpaired) electrons. The lowest BCUT2D eigenvalue weighted by Gasteiger charge is -2.44. The number of aliphatic hydroxyl groups excluding tert-OH is 1. The van der Waals surface area contributed by atoms with Crippen molar-refractivity contribution < 1.29 is 14.6 Å². The van der Waals surface area contributed by atoms with Crippen LogP contribution in [0.5, 0.6) is 0 Å². The number of rotatable bonds is 1. The summed E-state index contributed by atoms with van der Waals surface area (Å²) in [5.74, 6) is -0.266. The molecular weight excluding hydrogens is 257 g/mol. The van der Waals surface area contributed by atoms with Crippen molar-refractivity contribution in [3.63, 3.8) is 0 Å². The maximum absolute atomic E-state index is 13.7. The molecule has 1 saturated heterocycles. The van der Waals surface area contributed by atoms with Crippen molar-refractivity contribution in [3.8, 4) is 0 Å². The van der Waals surface area contributed by atoms with E-state index in [9.17, 15) is 14.6 Å². The number of β-amino-alcohol motifs (C(OH)–C–C–N with tert-alkyl or cyclic N) is 1. The molecule has 18 heavy (non-hydrogen) atoms. The molecular formula is C13H19ClFNO2. The van der Waals surface area contributed by atoms with Crippen molar-refractivity contribution in [1.29, 1.82) is 0 Å². The molecule has 0 aromatic heterocycles. The van der Waals surface area contributed by atoms with Gasteiger partial charge in [0.2, 0.25) is 0 Å². The van der Waals surface area contributed by atoms with E-state index in [1.165, 1.54) is 6.07 Å². The van der Waals surface area contributed by atoms with Crippen LogP contribution in [0.4, 0.5) is 4.39 Å². The van der Waals surface area contributed by atoms with Crippen molar-refractivity contribution >= 4 is 12.4 Å². The fourth-order valence-electron chi connectivity index (χ4n) is 2.48. The van der Waals surface area contributed by atoms with Crippen molar-refractivity contribution in [2.75, 3.05) is 13.6 Å². The van der Waals surface area contributed by atoms with Crippen LogP contribution in [-0.4, -0.2) is 40.4 Å². The summed E-state index contributed by atoms with van der Waals surface area (Å²) in [5, 5.41) is 19.8. The van der Waals surface area contributed by atoms with Crippen LogP contribution in [0.15, 0.2) is 24.3 Å². The van der Waals surface area contributed by atoms with Gasteiger partial charge in [0.1, 0.15) is 11.4 Å². The zero-order valence-electron chi connectivity index (χ0n) is 10.5. The van der Waals surface area contributed by atoms with E-state index in [4.69, 9.17) is 0 Å². The van der Waals surface area contributed by atoms with Crippen molar-refractivity contribution in [2.45, 2.75) is 31.1 Å². The highest BCUT2D eigenvalue weighted by atomic mass is 35.5. The minimum atomic E-state index is -1.13. The van der Waals surface area contributed by atoms with E-state index in [-0.39, 0.29) is 24.3 Å². The summed E-state index contributed by atoms with van der Waals surface area (Å²) in [5.41, 5.74) is -0.555. The van der Waals surface area contributed by atoms with Gasteiger partial charge in [-0.3, -0.25) is 4.90 Å². The fourth-order valence-corrected chi connectivity index (χ4v) is 2.48. The molecule has 0 unspecified atom stereocenters. The van der Waals surface area contributed by atoms with E-state index in [1.807, 2.05) is 11.9 Å². The summed E-state index contributed by atoms with van der Waals surface area (Å²) in [4.78, 5) is 1.88.